The van der Waals surface area contributed by atoms with Gasteiger partial charge in [0.15, 0.2) is 0 Å². The second-order valence-corrected chi connectivity index (χ2v) is 7.13. The zero-order valence-corrected chi connectivity index (χ0v) is 12.6. The van der Waals surface area contributed by atoms with Crippen molar-refractivity contribution >= 4 is 28.8 Å². The van der Waals surface area contributed by atoms with Gasteiger partial charge < -0.3 is 5.32 Å². The number of thioether (sulfide) groups is 1. The van der Waals surface area contributed by atoms with Gasteiger partial charge in [0, 0.05) is 22.4 Å². The number of nitrogens with one attached hydrogen (secondary N) is 1. The molecule has 2 aromatic rings. The van der Waals surface area contributed by atoms with Crippen LogP contribution in [-0.4, -0.2) is 5.25 Å². The Balaban J connectivity index is 1.66. The summed E-state index contributed by atoms with van der Waals surface area (Å²) < 4.78 is 0. The molecule has 0 amide bonds. The lowest BCUT2D eigenvalue weighted by atomic mass is 10.3. The summed E-state index contributed by atoms with van der Waals surface area (Å²) in [6.45, 7) is 0.922. The number of anilines is 1. The van der Waals surface area contributed by atoms with E-state index in [9.17, 15) is 0 Å². The van der Waals surface area contributed by atoms with Gasteiger partial charge in [0.05, 0.1) is 0 Å². The summed E-state index contributed by atoms with van der Waals surface area (Å²) in [4.78, 5) is 1.41. The monoisotopic (exact) mass is 289 g/mol. The fourth-order valence-corrected chi connectivity index (χ4v) is 4.51. The topological polar surface area (TPSA) is 12.0 Å². The molecule has 3 heteroatoms. The average molecular weight is 289 g/mol. The van der Waals surface area contributed by atoms with Gasteiger partial charge in [-0.05, 0) is 47.4 Å². The lowest BCUT2D eigenvalue weighted by molar-refractivity contribution is 0.886. The van der Waals surface area contributed by atoms with Crippen LogP contribution in [0.15, 0.2) is 46.0 Å². The van der Waals surface area contributed by atoms with Gasteiger partial charge in [-0.3, -0.25) is 0 Å². The molecule has 1 saturated carbocycles. The summed E-state index contributed by atoms with van der Waals surface area (Å²) in [5.41, 5.74) is 2.65. The minimum atomic E-state index is 0.823. The van der Waals surface area contributed by atoms with Gasteiger partial charge in [0.25, 0.3) is 0 Å². The molecular weight excluding hydrogens is 270 g/mol. The first-order valence-corrected chi connectivity index (χ1v) is 8.75. The van der Waals surface area contributed by atoms with Crippen molar-refractivity contribution in [1.29, 1.82) is 0 Å². The molecule has 0 radical (unpaired) electrons. The normalized spacial score (nSPS) is 15.8. The third kappa shape index (κ3) is 3.54. The second kappa shape index (κ2) is 6.49. The van der Waals surface area contributed by atoms with Crippen LogP contribution >= 0.6 is 23.1 Å². The van der Waals surface area contributed by atoms with Crippen molar-refractivity contribution in [2.45, 2.75) is 42.4 Å². The number of hydrogen-bond acceptors (Lipinski definition) is 3. The zero-order chi connectivity index (χ0) is 12.9. The summed E-state index contributed by atoms with van der Waals surface area (Å²) in [6.07, 6.45) is 5.57. The Morgan fingerprint density at radius 1 is 1.16 bits per heavy atom. The number of thiophene rings is 1. The van der Waals surface area contributed by atoms with E-state index >= 15 is 0 Å². The van der Waals surface area contributed by atoms with Gasteiger partial charge >= 0.3 is 0 Å². The quantitative estimate of drug-likeness (QED) is 0.791. The Morgan fingerprint density at radius 2 is 2.00 bits per heavy atom. The van der Waals surface area contributed by atoms with E-state index in [1.54, 1.807) is 11.3 Å². The lowest BCUT2D eigenvalue weighted by Gasteiger charge is -2.14. The molecule has 0 atom stereocenters. The Labute approximate surface area is 123 Å². The predicted molar refractivity (Wildman–Crippen MR) is 86.2 cm³/mol. The van der Waals surface area contributed by atoms with Crippen molar-refractivity contribution in [3.05, 3.63) is 46.7 Å². The maximum Gasteiger partial charge on any atom is 0.0481 e. The van der Waals surface area contributed by atoms with Crippen LogP contribution in [0.1, 0.15) is 31.2 Å². The first-order chi connectivity index (χ1) is 9.42. The molecule has 1 nitrogen and oxygen atoms in total. The van der Waals surface area contributed by atoms with Gasteiger partial charge in [-0.2, -0.15) is 11.3 Å². The molecule has 0 unspecified atom stereocenters. The molecule has 1 aliphatic carbocycles. The van der Waals surface area contributed by atoms with Crippen LogP contribution in [0.4, 0.5) is 5.69 Å². The summed E-state index contributed by atoms with van der Waals surface area (Å²) in [7, 11) is 0. The summed E-state index contributed by atoms with van der Waals surface area (Å²) in [5, 5.41) is 8.74. The van der Waals surface area contributed by atoms with E-state index in [4.69, 9.17) is 0 Å². The van der Waals surface area contributed by atoms with E-state index in [-0.39, 0.29) is 0 Å². The minimum absolute atomic E-state index is 0.823. The van der Waals surface area contributed by atoms with Crippen molar-refractivity contribution in [3.63, 3.8) is 0 Å². The van der Waals surface area contributed by atoms with Crippen molar-refractivity contribution in [2.24, 2.45) is 0 Å². The molecule has 3 rings (SSSR count). The maximum absolute atomic E-state index is 3.58. The molecule has 19 heavy (non-hydrogen) atoms. The van der Waals surface area contributed by atoms with Gasteiger partial charge in [0.1, 0.15) is 0 Å². The van der Waals surface area contributed by atoms with E-state index in [0.29, 0.717) is 0 Å². The SMILES string of the molecule is c1ccc(SC2CCCC2)c(NCc2ccsc2)c1. The molecule has 1 aromatic heterocycles. The van der Waals surface area contributed by atoms with Crippen molar-refractivity contribution in [2.75, 3.05) is 5.32 Å². The fourth-order valence-electron chi connectivity index (χ4n) is 2.49. The first kappa shape index (κ1) is 13.1. The van der Waals surface area contributed by atoms with Gasteiger partial charge in [-0.25, -0.2) is 0 Å². The Kier molecular flexibility index (Phi) is 4.46. The highest BCUT2D eigenvalue weighted by Crippen LogP contribution is 2.38. The van der Waals surface area contributed by atoms with Crippen molar-refractivity contribution in [1.82, 2.24) is 0 Å². The molecule has 0 spiro atoms. The Bertz CT molecular complexity index is 501. The third-order valence-corrected chi connectivity index (χ3v) is 5.69. The van der Waals surface area contributed by atoms with Crippen molar-refractivity contribution in [3.8, 4) is 0 Å². The van der Waals surface area contributed by atoms with E-state index < -0.39 is 0 Å². The standard InChI is InChI=1S/C16H19NS2/c1-2-6-14(5-1)19-16-8-4-3-7-15(16)17-11-13-9-10-18-12-13/h3-4,7-10,12,14,17H,1-2,5-6,11H2. The highest BCUT2D eigenvalue weighted by Gasteiger charge is 2.17. The molecule has 1 heterocycles. The largest absolute Gasteiger partial charge is 0.380 e. The van der Waals surface area contributed by atoms with Crippen LogP contribution in [0.5, 0.6) is 0 Å². The van der Waals surface area contributed by atoms with Crippen LogP contribution in [0, 0.1) is 0 Å². The summed E-state index contributed by atoms with van der Waals surface area (Å²) in [6, 6.07) is 10.9. The van der Waals surface area contributed by atoms with Crippen LogP contribution in [0.2, 0.25) is 0 Å². The maximum atomic E-state index is 3.58. The number of rotatable bonds is 5. The fraction of sp³-hybridized carbons (Fsp3) is 0.375. The van der Waals surface area contributed by atoms with E-state index in [1.807, 2.05) is 0 Å². The number of hydrogen-bond donors (Lipinski definition) is 1. The Morgan fingerprint density at radius 3 is 2.79 bits per heavy atom. The molecule has 1 N–H and O–H groups in total. The number of benzene rings is 1. The number of para-hydroxylation sites is 1. The van der Waals surface area contributed by atoms with Crippen LogP contribution in [-0.2, 0) is 6.54 Å². The van der Waals surface area contributed by atoms with Gasteiger partial charge in [-0.15, -0.1) is 11.8 Å². The molecule has 1 fully saturated rings. The second-order valence-electron chi connectivity index (χ2n) is 5.01. The van der Waals surface area contributed by atoms with Gasteiger partial charge in [0.2, 0.25) is 0 Å². The summed E-state index contributed by atoms with van der Waals surface area (Å²) in [5.74, 6) is 0. The molecule has 1 aliphatic rings. The van der Waals surface area contributed by atoms with E-state index in [0.717, 1.165) is 11.8 Å². The van der Waals surface area contributed by atoms with Crippen molar-refractivity contribution < 1.29 is 0 Å². The van der Waals surface area contributed by atoms with E-state index in [2.05, 4.69) is 58.2 Å². The average Bonchev–Trinajstić information content (AvgIpc) is 3.10. The molecule has 0 bridgehead atoms. The van der Waals surface area contributed by atoms with Crippen LogP contribution in [0.3, 0.4) is 0 Å². The highest BCUT2D eigenvalue weighted by atomic mass is 32.2. The predicted octanol–water partition coefficient (Wildman–Crippen LogP) is 5.39. The summed E-state index contributed by atoms with van der Waals surface area (Å²) >= 11 is 3.82. The third-order valence-electron chi connectivity index (χ3n) is 3.55. The highest BCUT2D eigenvalue weighted by molar-refractivity contribution is 8.00. The molecule has 0 saturated heterocycles. The molecule has 0 aliphatic heterocycles. The van der Waals surface area contributed by atoms with Crippen LogP contribution < -0.4 is 5.32 Å². The molecule has 1 aromatic carbocycles. The smallest absolute Gasteiger partial charge is 0.0481 e. The lowest BCUT2D eigenvalue weighted by Crippen LogP contribution is -2.01. The van der Waals surface area contributed by atoms with Gasteiger partial charge in [-0.1, -0.05) is 25.0 Å². The Hall–Kier alpha value is -0.930. The molecule has 100 valence electrons. The van der Waals surface area contributed by atoms with Crippen LogP contribution in [0.25, 0.3) is 0 Å². The minimum Gasteiger partial charge on any atom is -0.380 e. The molecular formula is C16H19NS2. The first-order valence-electron chi connectivity index (χ1n) is 6.92. The van der Waals surface area contributed by atoms with E-state index in [1.165, 1.54) is 41.8 Å². The zero-order valence-electron chi connectivity index (χ0n) is 11.0.